The van der Waals surface area contributed by atoms with Crippen molar-refractivity contribution in [3.8, 4) is 0 Å². The summed E-state index contributed by atoms with van der Waals surface area (Å²) < 4.78 is 0. The lowest BCUT2D eigenvalue weighted by atomic mass is 9.80. The topological polar surface area (TPSA) is 46.3 Å². The number of thiophene rings is 1. The first-order chi connectivity index (χ1) is 9.39. The third-order valence-electron chi connectivity index (χ3n) is 3.88. The van der Waals surface area contributed by atoms with E-state index in [1.807, 2.05) is 50.1 Å². The van der Waals surface area contributed by atoms with Crippen LogP contribution in [0.3, 0.4) is 0 Å². The Bertz CT molecular complexity index is 450. The highest BCUT2D eigenvalue weighted by Gasteiger charge is 2.41. The molecule has 0 aliphatic heterocycles. The Morgan fingerprint density at radius 1 is 1.45 bits per heavy atom. The van der Waals surface area contributed by atoms with E-state index in [9.17, 15) is 4.79 Å². The number of nitrogens with two attached hydrogens (primary N) is 1. The van der Waals surface area contributed by atoms with Crippen molar-refractivity contribution in [1.82, 2.24) is 4.90 Å². The van der Waals surface area contributed by atoms with Gasteiger partial charge in [-0.15, -0.1) is 11.3 Å². The minimum Gasteiger partial charge on any atom is -0.392 e. The molecule has 3 nitrogen and oxygen atoms in total. The Kier molecular flexibility index (Phi) is 6.14. The Morgan fingerprint density at radius 2 is 2.05 bits per heavy atom. The highest BCUT2D eigenvalue weighted by molar-refractivity contribution is 7.80. The first-order valence-electron chi connectivity index (χ1n) is 7.02. The van der Waals surface area contributed by atoms with Gasteiger partial charge in [0.05, 0.1) is 16.9 Å². The monoisotopic (exact) mass is 312 g/mol. The summed E-state index contributed by atoms with van der Waals surface area (Å²) in [4.78, 5) is 16.4. The smallest absolute Gasteiger partial charge is 0.236 e. The molecule has 1 aromatic rings. The summed E-state index contributed by atoms with van der Waals surface area (Å²) in [7, 11) is 0. The minimum absolute atomic E-state index is 0.0541. The SMILES string of the molecule is CCC(CC)(C(=O)N(Cc1cccs1)C(C)C)C(N)=S. The quantitative estimate of drug-likeness (QED) is 0.783. The van der Waals surface area contributed by atoms with Crippen molar-refractivity contribution in [2.45, 2.75) is 53.1 Å². The maximum absolute atomic E-state index is 13.0. The molecule has 0 atom stereocenters. The predicted octanol–water partition coefficient (Wildman–Crippen LogP) is 3.58. The third-order valence-corrected chi connectivity index (χ3v) is 5.13. The lowest BCUT2D eigenvalue weighted by Gasteiger charge is -2.37. The lowest BCUT2D eigenvalue weighted by Crippen LogP contribution is -2.51. The number of carbonyl (C=O) groups excluding carboxylic acids is 1. The average Bonchev–Trinajstić information content (AvgIpc) is 2.90. The molecule has 2 N–H and O–H groups in total. The second kappa shape index (κ2) is 7.18. The van der Waals surface area contributed by atoms with Crippen LogP contribution in [0.25, 0.3) is 0 Å². The zero-order valence-corrected chi connectivity index (χ0v) is 14.3. The summed E-state index contributed by atoms with van der Waals surface area (Å²) >= 11 is 6.85. The molecule has 5 heteroatoms. The van der Waals surface area contributed by atoms with E-state index >= 15 is 0 Å². The Morgan fingerprint density at radius 3 is 2.40 bits per heavy atom. The van der Waals surface area contributed by atoms with Gasteiger partial charge in [-0.1, -0.05) is 32.1 Å². The summed E-state index contributed by atoms with van der Waals surface area (Å²) in [6, 6.07) is 4.17. The molecule has 1 rings (SSSR count). The molecule has 112 valence electrons. The largest absolute Gasteiger partial charge is 0.392 e. The number of rotatable bonds is 7. The van der Waals surface area contributed by atoms with Gasteiger partial charge in [-0.2, -0.15) is 0 Å². The van der Waals surface area contributed by atoms with Crippen LogP contribution in [0, 0.1) is 5.41 Å². The van der Waals surface area contributed by atoms with Crippen LogP contribution in [-0.2, 0) is 11.3 Å². The maximum Gasteiger partial charge on any atom is 0.236 e. The van der Waals surface area contributed by atoms with E-state index in [1.165, 1.54) is 4.88 Å². The van der Waals surface area contributed by atoms with Gasteiger partial charge in [-0.05, 0) is 38.1 Å². The number of carbonyl (C=O) groups is 1. The van der Waals surface area contributed by atoms with Crippen LogP contribution < -0.4 is 5.73 Å². The molecule has 0 aliphatic carbocycles. The van der Waals surface area contributed by atoms with Crippen molar-refractivity contribution in [1.29, 1.82) is 0 Å². The molecule has 1 aromatic heterocycles. The van der Waals surface area contributed by atoms with Crippen molar-refractivity contribution < 1.29 is 4.79 Å². The summed E-state index contributed by atoms with van der Waals surface area (Å²) in [6.07, 6.45) is 1.29. The van der Waals surface area contributed by atoms with Gasteiger partial charge in [0, 0.05) is 10.9 Å². The van der Waals surface area contributed by atoms with Crippen LogP contribution in [0.5, 0.6) is 0 Å². The summed E-state index contributed by atoms with van der Waals surface area (Å²) in [5, 5.41) is 2.03. The summed E-state index contributed by atoms with van der Waals surface area (Å²) in [6.45, 7) is 8.63. The fourth-order valence-corrected chi connectivity index (χ4v) is 3.42. The van der Waals surface area contributed by atoms with Gasteiger partial charge in [0.1, 0.15) is 0 Å². The van der Waals surface area contributed by atoms with Crippen LogP contribution >= 0.6 is 23.6 Å². The summed E-state index contributed by atoms with van der Waals surface area (Å²) in [5.74, 6) is 0.0541. The molecule has 0 unspecified atom stereocenters. The van der Waals surface area contributed by atoms with E-state index in [2.05, 4.69) is 0 Å². The minimum atomic E-state index is -0.711. The molecule has 0 saturated heterocycles. The molecular formula is C15H24N2OS2. The molecule has 0 radical (unpaired) electrons. The van der Waals surface area contributed by atoms with E-state index in [-0.39, 0.29) is 11.9 Å². The fraction of sp³-hybridized carbons (Fsp3) is 0.600. The van der Waals surface area contributed by atoms with Crippen LogP contribution in [0.1, 0.15) is 45.4 Å². The van der Waals surface area contributed by atoms with Crippen molar-refractivity contribution in [3.63, 3.8) is 0 Å². The highest BCUT2D eigenvalue weighted by Crippen LogP contribution is 2.31. The van der Waals surface area contributed by atoms with Crippen molar-refractivity contribution >= 4 is 34.5 Å². The molecule has 0 aromatic carbocycles. The molecule has 0 spiro atoms. The molecule has 0 saturated carbocycles. The Hall–Kier alpha value is -0.940. The van der Waals surface area contributed by atoms with E-state index in [0.717, 1.165) is 0 Å². The van der Waals surface area contributed by atoms with Gasteiger partial charge < -0.3 is 10.6 Å². The molecule has 0 fully saturated rings. The number of hydrogen-bond acceptors (Lipinski definition) is 3. The van der Waals surface area contributed by atoms with E-state index < -0.39 is 5.41 Å². The highest BCUT2D eigenvalue weighted by atomic mass is 32.1. The third kappa shape index (κ3) is 3.38. The van der Waals surface area contributed by atoms with Crippen molar-refractivity contribution in [3.05, 3.63) is 22.4 Å². The van der Waals surface area contributed by atoms with Gasteiger partial charge in [0.25, 0.3) is 0 Å². The number of hydrogen-bond donors (Lipinski definition) is 1. The average molecular weight is 313 g/mol. The van der Waals surface area contributed by atoms with Gasteiger partial charge >= 0.3 is 0 Å². The first kappa shape index (κ1) is 17.1. The zero-order chi connectivity index (χ0) is 15.3. The number of nitrogens with zero attached hydrogens (tertiary/aromatic N) is 1. The number of thiocarbonyl (C=S) groups is 1. The van der Waals surface area contributed by atoms with Gasteiger partial charge in [0.15, 0.2) is 0 Å². The van der Waals surface area contributed by atoms with Crippen LogP contribution in [0.4, 0.5) is 0 Å². The predicted molar refractivity (Wildman–Crippen MR) is 89.8 cm³/mol. The molecule has 0 aliphatic rings. The van der Waals surface area contributed by atoms with Crippen molar-refractivity contribution in [2.24, 2.45) is 11.1 Å². The molecule has 20 heavy (non-hydrogen) atoms. The molecular weight excluding hydrogens is 288 g/mol. The standard InChI is InChI=1S/C15H24N2OS2/c1-5-15(6-2,13(16)19)14(18)17(11(3)4)10-12-8-7-9-20-12/h7-9,11H,5-6,10H2,1-4H3,(H2,16,19). The molecule has 1 amide bonds. The van der Waals surface area contributed by atoms with Crippen molar-refractivity contribution in [2.75, 3.05) is 0 Å². The molecule has 1 heterocycles. The lowest BCUT2D eigenvalue weighted by molar-refractivity contribution is -0.141. The normalized spacial score (nSPS) is 11.7. The van der Waals surface area contributed by atoms with Crippen LogP contribution in [0.2, 0.25) is 0 Å². The van der Waals surface area contributed by atoms with Gasteiger partial charge in [-0.25, -0.2) is 0 Å². The second-order valence-corrected chi connectivity index (χ2v) is 6.73. The van der Waals surface area contributed by atoms with E-state index in [1.54, 1.807) is 11.3 Å². The van der Waals surface area contributed by atoms with Crippen LogP contribution in [0.15, 0.2) is 17.5 Å². The van der Waals surface area contributed by atoms with Gasteiger partial charge in [-0.3, -0.25) is 4.79 Å². The first-order valence-corrected chi connectivity index (χ1v) is 8.31. The Labute approximate surface area is 131 Å². The zero-order valence-electron chi connectivity index (χ0n) is 12.7. The number of amides is 1. The van der Waals surface area contributed by atoms with Gasteiger partial charge in [0.2, 0.25) is 5.91 Å². The maximum atomic E-state index is 13.0. The molecule has 0 bridgehead atoms. The van der Waals surface area contributed by atoms with Crippen LogP contribution in [-0.4, -0.2) is 21.8 Å². The second-order valence-electron chi connectivity index (χ2n) is 5.26. The van der Waals surface area contributed by atoms with E-state index in [4.69, 9.17) is 18.0 Å². The van der Waals surface area contributed by atoms with E-state index in [0.29, 0.717) is 24.4 Å². The fourth-order valence-electron chi connectivity index (χ4n) is 2.34. The summed E-state index contributed by atoms with van der Waals surface area (Å²) in [5.41, 5.74) is 5.18. The Balaban J connectivity index is 3.07.